The van der Waals surface area contributed by atoms with Crippen LogP contribution < -0.4 is 4.72 Å². The molecule has 2 aromatic rings. The van der Waals surface area contributed by atoms with E-state index in [-0.39, 0.29) is 23.1 Å². The van der Waals surface area contributed by atoms with E-state index in [1.165, 1.54) is 30.5 Å². The molecule has 0 saturated carbocycles. The van der Waals surface area contributed by atoms with E-state index < -0.39 is 10.0 Å². The van der Waals surface area contributed by atoms with Gasteiger partial charge in [-0.05, 0) is 24.3 Å². The van der Waals surface area contributed by atoms with Crippen LogP contribution in [0.1, 0.15) is 30.0 Å². The summed E-state index contributed by atoms with van der Waals surface area (Å²) in [6, 6.07) is 9.30. The fourth-order valence-electron chi connectivity index (χ4n) is 1.79. The number of carbonyl (C=O) groups is 1. The second-order valence-electron chi connectivity index (χ2n) is 4.95. The van der Waals surface area contributed by atoms with E-state index in [9.17, 15) is 13.2 Å². The maximum Gasteiger partial charge on any atom is 0.240 e. The van der Waals surface area contributed by atoms with Gasteiger partial charge in [0.2, 0.25) is 10.0 Å². The van der Waals surface area contributed by atoms with Crippen LogP contribution in [0.2, 0.25) is 0 Å². The number of nitrogens with one attached hydrogen (secondary N) is 1. The van der Waals surface area contributed by atoms with Gasteiger partial charge in [0.15, 0.2) is 5.78 Å². The number of Topliss-reactive ketones (excluding diaryl/α,β-unsaturated/α-hetero) is 1. The van der Waals surface area contributed by atoms with Crippen molar-refractivity contribution in [2.75, 3.05) is 0 Å². The first-order chi connectivity index (χ1) is 9.90. The van der Waals surface area contributed by atoms with Gasteiger partial charge in [0.25, 0.3) is 0 Å². The third-order valence-electron chi connectivity index (χ3n) is 2.99. The third-order valence-corrected chi connectivity index (χ3v) is 4.41. The van der Waals surface area contributed by atoms with E-state index >= 15 is 0 Å². The zero-order valence-electron chi connectivity index (χ0n) is 11.9. The van der Waals surface area contributed by atoms with E-state index in [1.54, 1.807) is 26.0 Å². The highest BCUT2D eigenvalue weighted by atomic mass is 32.2. The lowest BCUT2D eigenvalue weighted by atomic mass is 10.0. The second-order valence-corrected chi connectivity index (χ2v) is 6.71. The maximum atomic E-state index is 12.1. The Morgan fingerprint density at radius 3 is 2.38 bits per heavy atom. The molecule has 1 heterocycles. The van der Waals surface area contributed by atoms with Crippen LogP contribution in [0.5, 0.6) is 0 Å². The Kier molecular flexibility index (Phi) is 4.59. The minimum absolute atomic E-state index is 0.0116. The van der Waals surface area contributed by atoms with Crippen molar-refractivity contribution in [3.05, 3.63) is 54.0 Å². The van der Waals surface area contributed by atoms with E-state index in [4.69, 9.17) is 4.42 Å². The topological polar surface area (TPSA) is 76.4 Å². The molecule has 2 rings (SSSR count). The fraction of sp³-hybridized carbons (Fsp3) is 0.267. The smallest absolute Gasteiger partial charge is 0.240 e. The molecule has 112 valence electrons. The van der Waals surface area contributed by atoms with Crippen LogP contribution >= 0.6 is 0 Å². The Morgan fingerprint density at radius 1 is 1.19 bits per heavy atom. The number of hydrogen-bond acceptors (Lipinski definition) is 4. The minimum Gasteiger partial charge on any atom is -0.468 e. The number of furan rings is 1. The predicted molar refractivity (Wildman–Crippen MR) is 78.3 cm³/mol. The molecule has 0 bridgehead atoms. The second kappa shape index (κ2) is 6.24. The van der Waals surface area contributed by atoms with Gasteiger partial charge in [-0.2, -0.15) is 0 Å². The molecular weight excluding hydrogens is 290 g/mol. The first-order valence-corrected chi connectivity index (χ1v) is 8.05. The molecule has 0 fully saturated rings. The zero-order chi connectivity index (χ0) is 15.5. The van der Waals surface area contributed by atoms with Crippen molar-refractivity contribution >= 4 is 15.8 Å². The highest BCUT2D eigenvalue weighted by Crippen LogP contribution is 2.14. The predicted octanol–water partition coefficient (Wildman–Crippen LogP) is 2.60. The van der Waals surface area contributed by atoms with E-state index in [1.807, 2.05) is 0 Å². The van der Waals surface area contributed by atoms with Gasteiger partial charge in [-0.15, -0.1) is 0 Å². The lowest BCUT2D eigenvalue weighted by molar-refractivity contribution is 0.0939. The number of benzene rings is 1. The quantitative estimate of drug-likeness (QED) is 0.832. The molecule has 21 heavy (non-hydrogen) atoms. The SMILES string of the molecule is CC(C)C(=O)c1ccc(S(=O)(=O)NCc2ccco2)cc1. The zero-order valence-corrected chi connectivity index (χ0v) is 12.7. The third kappa shape index (κ3) is 3.80. The van der Waals surface area contributed by atoms with Crippen LogP contribution in [-0.4, -0.2) is 14.2 Å². The highest BCUT2D eigenvalue weighted by molar-refractivity contribution is 7.89. The van der Waals surface area contributed by atoms with Gasteiger partial charge in [0.1, 0.15) is 5.76 Å². The van der Waals surface area contributed by atoms with Gasteiger partial charge < -0.3 is 4.42 Å². The van der Waals surface area contributed by atoms with Crippen LogP contribution in [0.3, 0.4) is 0 Å². The Balaban J connectivity index is 2.11. The molecule has 0 saturated heterocycles. The van der Waals surface area contributed by atoms with Crippen molar-refractivity contribution in [3.63, 3.8) is 0 Å². The normalized spacial score (nSPS) is 11.8. The monoisotopic (exact) mass is 307 g/mol. The summed E-state index contributed by atoms with van der Waals surface area (Å²) < 4.78 is 31.7. The molecule has 0 amide bonds. The summed E-state index contributed by atoms with van der Waals surface area (Å²) in [5, 5.41) is 0. The minimum atomic E-state index is -3.62. The molecular formula is C15H17NO4S. The van der Waals surface area contributed by atoms with Gasteiger partial charge in [0, 0.05) is 11.5 Å². The average Bonchev–Trinajstić information content (AvgIpc) is 2.98. The molecule has 0 aliphatic carbocycles. The van der Waals surface area contributed by atoms with Crippen molar-refractivity contribution in [3.8, 4) is 0 Å². The average molecular weight is 307 g/mol. The molecule has 6 heteroatoms. The van der Waals surface area contributed by atoms with Crippen molar-refractivity contribution < 1.29 is 17.6 Å². The van der Waals surface area contributed by atoms with Gasteiger partial charge in [0.05, 0.1) is 17.7 Å². The molecule has 1 aromatic heterocycles. The number of sulfonamides is 1. The summed E-state index contributed by atoms with van der Waals surface area (Å²) in [7, 11) is -3.62. The van der Waals surface area contributed by atoms with Gasteiger partial charge in [-0.3, -0.25) is 4.79 Å². The van der Waals surface area contributed by atoms with Crippen LogP contribution in [-0.2, 0) is 16.6 Å². The molecule has 0 unspecified atom stereocenters. The molecule has 5 nitrogen and oxygen atoms in total. The fourth-order valence-corrected chi connectivity index (χ4v) is 2.79. The first kappa shape index (κ1) is 15.5. The summed E-state index contributed by atoms with van der Waals surface area (Å²) >= 11 is 0. The summed E-state index contributed by atoms with van der Waals surface area (Å²) in [4.78, 5) is 11.9. The Morgan fingerprint density at radius 2 is 1.86 bits per heavy atom. The first-order valence-electron chi connectivity index (χ1n) is 6.56. The largest absolute Gasteiger partial charge is 0.468 e. The molecule has 1 N–H and O–H groups in total. The molecule has 0 aliphatic rings. The van der Waals surface area contributed by atoms with Crippen LogP contribution in [0.25, 0.3) is 0 Å². The standard InChI is InChI=1S/C15H17NO4S/c1-11(2)15(17)12-5-7-14(8-6-12)21(18,19)16-10-13-4-3-9-20-13/h3-9,11,16H,10H2,1-2H3. The van der Waals surface area contributed by atoms with Gasteiger partial charge in [-0.1, -0.05) is 26.0 Å². The lowest BCUT2D eigenvalue weighted by Gasteiger charge is -2.07. The number of carbonyl (C=O) groups excluding carboxylic acids is 1. The Hall–Kier alpha value is -1.92. The summed E-state index contributed by atoms with van der Waals surface area (Å²) in [5.74, 6) is 0.400. The van der Waals surface area contributed by atoms with E-state index in [2.05, 4.69) is 4.72 Å². The van der Waals surface area contributed by atoms with Crippen molar-refractivity contribution in [2.45, 2.75) is 25.3 Å². The van der Waals surface area contributed by atoms with E-state index in [0.717, 1.165) is 0 Å². The summed E-state index contributed by atoms with van der Waals surface area (Å²) in [5.41, 5.74) is 0.509. The van der Waals surface area contributed by atoms with Crippen LogP contribution in [0, 0.1) is 5.92 Å². The van der Waals surface area contributed by atoms with Crippen LogP contribution in [0.4, 0.5) is 0 Å². The van der Waals surface area contributed by atoms with Gasteiger partial charge >= 0.3 is 0 Å². The Labute approximate surface area is 124 Å². The van der Waals surface area contributed by atoms with Crippen LogP contribution in [0.15, 0.2) is 52.0 Å². The Bertz CT molecular complexity index is 701. The number of hydrogen-bond donors (Lipinski definition) is 1. The number of ketones is 1. The molecule has 0 atom stereocenters. The highest BCUT2D eigenvalue weighted by Gasteiger charge is 2.16. The van der Waals surface area contributed by atoms with E-state index in [0.29, 0.717) is 11.3 Å². The number of rotatable bonds is 6. The molecule has 1 aromatic carbocycles. The summed E-state index contributed by atoms with van der Waals surface area (Å²) in [6.07, 6.45) is 1.48. The lowest BCUT2D eigenvalue weighted by Crippen LogP contribution is -2.23. The van der Waals surface area contributed by atoms with Crippen molar-refractivity contribution in [1.82, 2.24) is 4.72 Å². The van der Waals surface area contributed by atoms with Crippen molar-refractivity contribution in [2.24, 2.45) is 5.92 Å². The molecule has 0 radical (unpaired) electrons. The summed E-state index contributed by atoms with van der Waals surface area (Å²) in [6.45, 7) is 3.69. The van der Waals surface area contributed by atoms with Crippen molar-refractivity contribution in [1.29, 1.82) is 0 Å². The maximum absolute atomic E-state index is 12.1. The van der Waals surface area contributed by atoms with Gasteiger partial charge in [-0.25, -0.2) is 13.1 Å². The molecule has 0 aliphatic heterocycles. The molecule has 0 spiro atoms.